The number of hydrogen-bond acceptors (Lipinski definition) is 5. The molecule has 0 aliphatic carbocycles. The zero-order valence-corrected chi connectivity index (χ0v) is 12.9. The quantitative estimate of drug-likeness (QED) is 0.453. The molecule has 0 saturated carbocycles. The number of aryl methyl sites for hydroxylation is 1. The minimum atomic E-state index is -0.474. The van der Waals surface area contributed by atoms with Gasteiger partial charge >= 0.3 is 5.69 Å². The van der Waals surface area contributed by atoms with Crippen LogP contribution < -0.4 is 16.0 Å². The van der Waals surface area contributed by atoms with Gasteiger partial charge in [0.25, 0.3) is 11.2 Å². The molecule has 8 nitrogen and oxygen atoms in total. The Hall–Kier alpha value is -2.90. The first-order chi connectivity index (χ1) is 10.9. The lowest BCUT2D eigenvalue weighted by atomic mass is 10.3. The molecule has 0 aliphatic heterocycles. The van der Waals surface area contributed by atoms with Crippen LogP contribution in [0.2, 0.25) is 0 Å². The molecule has 0 amide bonds. The number of nitro groups is 1. The van der Waals surface area contributed by atoms with E-state index >= 15 is 0 Å². The van der Waals surface area contributed by atoms with Crippen LogP contribution in [0.4, 0.5) is 5.69 Å². The lowest BCUT2D eigenvalue weighted by Crippen LogP contribution is -2.38. The molecule has 0 atom stereocenters. The van der Waals surface area contributed by atoms with Crippen LogP contribution in [0.15, 0.2) is 39.9 Å². The highest BCUT2D eigenvalue weighted by molar-refractivity contribution is 5.35. The van der Waals surface area contributed by atoms with Gasteiger partial charge in [-0.05, 0) is 25.5 Å². The Labute approximate surface area is 131 Å². The highest BCUT2D eigenvalue weighted by atomic mass is 16.6. The van der Waals surface area contributed by atoms with Crippen molar-refractivity contribution in [2.24, 2.45) is 7.05 Å². The molecule has 1 aromatic carbocycles. The zero-order valence-electron chi connectivity index (χ0n) is 12.9. The van der Waals surface area contributed by atoms with Crippen molar-refractivity contribution in [1.29, 1.82) is 0 Å². The Morgan fingerprint density at radius 3 is 2.48 bits per heavy atom. The third kappa shape index (κ3) is 3.85. The zero-order chi connectivity index (χ0) is 17.0. The summed E-state index contributed by atoms with van der Waals surface area (Å²) in [5.41, 5.74) is -0.0746. The Morgan fingerprint density at radius 2 is 1.87 bits per heavy atom. The molecule has 0 N–H and O–H groups in total. The van der Waals surface area contributed by atoms with Crippen molar-refractivity contribution in [3.8, 4) is 5.75 Å². The first kappa shape index (κ1) is 16.5. The summed E-state index contributed by atoms with van der Waals surface area (Å²) in [5.74, 6) is 0.528. The van der Waals surface area contributed by atoms with Crippen molar-refractivity contribution in [3.05, 3.63) is 67.0 Å². The largest absolute Gasteiger partial charge is 0.494 e. The Balaban J connectivity index is 1.93. The van der Waals surface area contributed by atoms with Gasteiger partial charge in [0.1, 0.15) is 5.75 Å². The van der Waals surface area contributed by atoms with Gasteiger partial charge in [0.15, 0.2) is 0 Å². The minimum absolute atomic E-state index is 0.00438. The molecule has 0 fully saturated rings. The molecule has 122 valence electrons. The summed E-state index contributed by atoms with van der Waals surface area (Å²) in [4.78, 5) is 33.6. The fourth-order valence-corrected chi connectivity index (χ4v) is 2.13. The van der Waals surface area contributed by atoms with E-state index in [0.29, 0.717) is 31.0 Å². The van der Waals surface area contributed by atoms with Gasteiger partial charge in [0.05, 0.1) is 11.5 Å². The third-order valence-corrected chi connectivity index (χ3v) is 3.45. The Bertz CT molecular complexity index is 820. The maximum absolute atomic E-state index is 12.0. The van der Waals surface area contributed by atoms with Crippen LogP contribution in [0, 0.1) is 17.0 Å². The van der Waals surface area contributed by atoms with Crippen molar-refractivity contribution < 1.29 is 9.66 Å². The lowest BCUT2D eigenvalue weighted by molar-refractivity contribution is -0.384. The monoisotopic (exact) mass is 319 g/mol. The highest BCUT2D eigenvalue weighted by Gasteiger charge is 2.06. The van der Waals surface area contributed by atoms with Crippen LogP contribution in [0.1, 0.15) is 12.1 Å². The topological polar surface area (TPSA) is 96.4 Å². The van der Waals surface area contributed by atoms with E-state index in [1.54, 1.807) is 6.92 Å². The number of nitro benzene ring substituents is 1. The van der Waals surface area contributed by atoms with Gasteiger partial charge < -0.3 is 4.74 Å². The summed E-state index contributed by atoms with van der Waals surface area (Å²) in [7, 11) is 1.44. The predicted molar refractivity (Wildman–Crippen MR) is 83.9 cm³/mol. The maximum atomic E-state index is 12.0. The number of hydrogen-bond donors (Lipinski definition) is 0. The van der Waals surface area contributed by atoms with Crippen molar-refractivity contribution in [3.63, 3.8) is 0 Å². The van der Waals surface area contributed by atoms with Crippen LogP contribution in [-0.4, -0.2) is 20.7 Å². The summed E-state index contributed by atoms with van der Waals surface area (Å²) in [5, 5.41) is 10.6. The molecule has 1 aromatic heterocycles. The van der Waals surface area contributed by atoms with Crippen LogP contribution in [0.3, 0.4) is 0 Å². The number of benzene rings is 1. The first-order valence-corrected chi connectivity index (χ1v) is 7.05. The fraction of sp³-hybridized carbons (Fsp3) is 0.333. The molecule has 0 spiro atoms. The molecule has 0 radical (unpaired) electrons. The van der Waals surface area contributed by atoms with Crippen molar-refractivity contribution in [2.75, 3.05) is 6.61 Å². The van der Waals surface area contributed by atoms with Crippen LogP contribution in [0.5, 0.6) is 5.75 Å². The molecule has 0 unspecified atom stereocenters. The van der Waals surface area contributed by atoms with Crippen molar-refractivity contribution >= 4 is 5.69 Å². The van der Waals surface area contributed by atoms with Gasteiger partial charge in [-0.2, -0.15) is 0 Å². The van der Waals surface area contributed by atoms with E-state index in [1.165, 1.54) is 41.9 Å². The summed E-state index contributed by atoms with van der Waals surface area (Å²) < 4.78 is 8.06. The second-order valence-corrected chi connectivity index (χ2v) is 5.07. The van der Waals surface area contributed by atoms with Gasteiger partial charge in [0, 0.05) is 37.5 Å². The van der Waals surface area contributed by atoms with E-state index < -0.39 is 4.92 Å². The number of ether oxygens (including phenoxy) is 1. The van der Waals surface area contributed by atoms with Gasteiger partial charge in [0.2, 0.25) is 0 Å². The third-order valence-electron chi connectivity index (χ3n) is 3.45. The number of aromatic nitrogens is 2. The second kappa shape index (κ2) is 6.91. The summed E-state index contributed by atoms with van der Waals surface area (Å²) in [6.45, 7) is 2.48. The van der Waals surface area contributed by atoms with Crippen LogP contribution >= 0.6 is 0 Å². The molecule has 23 heavy (non-hydrogen) atoms. The molecule has 0 bridgehead atoms. The first-order valence-electron chi connectivity index (χ1n) is 7.05. The summed E-state index contributed by atoms with van der Waals surface area (Å²) >= 11 is 0. The van der Waals surface area contributed by atoms with Gasteiger partial charge in [-0.25, -0.2) is 4.79 Å². The average Bonchev–Trinajstić information content (AvgIpc) is 2.52. The molecule has 2 rings (SSSR count). The van der Waals surface area contributed by atoms with Gasteiger partial charge in [-0.15, -0.1) is 0 Å². The second-order valence-electron chi connectivity index (χ2n) is 5.07. The maximum Gasteiger partial charge on any atom is 0.330 e. The van der Waals surface area contributed by atoms with Crippen LogP contribution in [0.25, 0.3) is 0 Å². The lowest BCUT2D eigenvalue weighted by Gasteiger charge is -2.11. The Kier molecular flexibility index (Phi) is 4.95. The van der Waals surface area contributed by atoms with Crippen molar-refractivity contribution in [1.82, 2.24) is 9.13 Å². The summed E-state index contributed by atoms with van der Waals surface area (Å²) in [6.07, 6.45) is 0.565. The van der Waals surface area contributed by atoms with E-state index in [1.807, 2.05) is 0 Å². The SMILES string of the molecule is Cc1cc(=O)n(C)c(=O)n1CCCOc1ccc([N+](=O)[O-])cc1. The number of nitrogens with zero attached hydrogens (tertiary/aromatic N) is 3. The van der Waals surface area contributed by atoms with Crippen LogP contribution in [-0.2, 0) is 13.6 Å². The molecular weight excluding hydrogens is 302 g/mol. The standard InChI is InChI=1S/C15H17N3O5/c1-11-10-14(19)16(2)15(20)17(11)8-3-9-23-13-6-4-12(5-7-13)18(21)22/h4-7,10H,3,8-9H2,1-2H3. The predicted octanol–water partition coefficient (Wildman–Crippen LogP) is 1.23. The molecule has 2 aromatic rings. The van der Waals surface area contributed by atoms with E-state index in [0.717, 1.165) is 4.57 Å². The fourth-order valence-electron chi connectivity index (χ4n) is 2.13. The molecule has 8 heteroatoms. The smallest absolute Gasteiger partial charge is 0.330 e. The molecule has 0 saturated heterocycles. The van der Waals surface area contributed by atoms with E-state index in [2.05, 4.69) is 0 Å². The highest BCUT2D eigenvalue weighted by Crippen LogP contribution is 2.17. The minimum Gasteiger partial charge on any atom is -0.494 e. The van der Waals surface area contributed by atoms with E-state index in [-0.39, 0.29) is 16.9 Å². The molecular formula is C15H17N3O5. The number of non-ortho nitro benzene ring substituents is 1. The van der Waals surface area contributed by atoms with E-state index in [9.17, 15) is 19.7 Å². The molecule has 0 aliphatic rings. The normalized spacial score (nSPS) is 10.5. The van der Waals surface area contributed by atoms with Gasteiger partial charge in [-0.3, -0.25) is 24.0 Å². The van der Waals surface area contributed by atoms with E-state index in [4.69, 9.17) is 4.74 Å². The number of rotatable bonds is 6. The van der Waals surface area contributed by atoms with Crippen molar-refractivity contribution in [2.45, 2.75) is 19.9 Å². The molecule has 1 heterocycles. The summed E-state index contributed by atoms with van der Waals surface area (Å²) in [6, 6.07) is 7.22. The van der Waals surface area contributed by atoms with Gasteiger partial charge in [-0.1, -0.05) is 0 Å². The average molecular weight is 319 g/mol. The Morgan fingerprint density at radius 1 is 1.22 bits per heavy atom.